The number of rotatable bonds is 7. The van der Waals surface area contributed by atoms with E-state index in [0.29, 0.717) is 25.6 Å². The van der Waals surface area contributed by atoms with Gasteiger partial charge in [0.2, 0.25) is 5.91 Å². The maximum Gasteiger partial charge on any atom is 0.337 e. The van der Waals surface area contributed by atoms with Crippen LogP contribution in [-0.4, -0.2) is 50.0 Å². The van der Waals surface area contributed by atoms with Gasteiger partial charge in [0.15, 0.2) is 0 Å². The third-order valence-corrected chi connectivity index (χ3v) is 3.58. The number of ether oxygens (including phenoxy) is 3. The fourth-order valence-electron chi connectivity index (χ4n) is 2.31. The SMILES string of the molecule is COc1ccc(NC(=O)CCOC2CCOCC2)c(C(=O)O)c1. The predicted molar refractivity (Wildman–Crippen MR) is 83.0 cm³/mol. The van der Waals surface area contributed by atoms with Crippen LogP contribution in [0.1, 0.15) is 29.6 Å². The Labute approximate surface area is 134 Å². The summed E-state index contributed by atoms with van der Waals surface area (Å²) >= 11 is 0. The number of benzene rings is 1. The normalized spacial score (nSPS) is 15.2. The zero-order chi connectivity index (χ0) is 16.7. The Morgan fingerprint density at radius 1 is 1.35 bits per heavy atom. The molecule has 0 saturated carbocycles. The van der Waals surface area contributed by atoms with Crippen molar-refractivity contribution in [2.75, 3.05) is 32.2 Å². The number of hydrogen-bond acceptors (Lipinski definition) is 5. The molecule has 23 heavy (non-hydrogen) atoms. The molecule has 1 heterocycles. The van der Waals surface area contributed by atoms with Crippen LogP contribution in [0.4, 0.5) is 5.69 Å². The first-order valence-corrected chi connectivity index (χ1v) is 7.50. The molecule has 0 radical (unpaired) electrons. The van der Waals surface area contributed by atoms with Crippen LogP contribution in [0, 0.1) is 0 Å². The average Bonchev–Trinajstić information content (AvgIpc) is 2.56. The average molecular weight is 323 g/mol. The van der Waals surface area contributed by atoms with Crippen molar-refractivity contribution in [3.8, 4) is 5.75 Å². The minimum Gasteiger partial charge on any atom is -0.497 e. The quantitative estimate of drug-likeness (QED) is 0.796. The molecule has 126 valence electrons. The molecule has 0 bridgehead atoms. The largest absolute Gasteiger partial charge is 0.497 e. The van der Waals surface area contributed by atoms with E-state index in [4.69, 9.17) is 14.2 Å². The molecule has 1 aliphatic rings. The van der Waals surface area contributed by atoms with Crippen LogP contribution in [0.3, 0.4) is 0 Å². The summed E-state index contributed by atoms with van der Waals surface area (Å²) in [5.74, 6) is -0.995. The van der Waals surface area contributed by atoms with E-state index in [-0.39, 0.29) is 29.7 Å². The first kappa shape index (κ1) is 17.2. The zero-order valence-electron chi connectivity index (χ0n) is 13.0. The highest BCUT2D eigenvalue weighted by Gasteiger charge is 2.16. The number of methoxy groups -OCH3 is 1. The van der Waals surface area contributed by atoms with Gasteiger partial charge in [0.1, 0.15) is 5.75 Å². The number of hydrogen-bond donors (Lipinski definition) is 2. The van der Waals surface area contributed by atoms with Gasteiger partial charge in [-0.2, -0.15) is 0 Å². The maximum absolute atomic E-state index is 11.9. The molecule has 1 aliphatic heterocycles. The third kappa shape index (κ3) is 5.22. The molecule has 0 aliphatic carbocycles. The Kier molecular flexibility index (Phi) is 6.37. The summed E-state index contributed by atoms with van der Waals surface area (Å²) in [5, 5.41) is 11.8. The summed E-state index contributed by atoms with van der Waals surface area (Å²) in [5.41, 5.74) is 0.234. The zero-order valence-corrected chi connectivity index (χ0v) is 13.0. The van der Waals surface area contributed by atoms with Crippen molar-refractivity contribution in [3.05, 3.63) is 23.8 Å². The van der Waals surface area contributed by atoms with E-state index in [0.717, 1.165) is 12.8 Å². The van der Waals surface area contributed by atoms with Gasteiger partial charge in [-0.1, -0.05) is 0 Å². The lowest BCUT2D eigenvalue weighted by atomic mass is 10.1. The van der Waals surface area contributed by atoms with Gasteiger partial charge in [0.25, 0.3) is 0 Å². The number of amides is 1. The molecular weight excluding hydrogens is 302 g/mol. The summed E-state index contributed by atoms with van der Waals surface area (Å²) in [6, 6.07) is 4.48. The van der Waals surface area contributed by atoms with E-state index < -0.39 is 5.97 Å². The van der Waals surface area contributed by atoms with E-state index in [9.17, 15) is 14.7 Å². The molecular formula is C16H21NO6. The van der Waals surface area contributed by atoms with Crippen LogP contribution in [-0.2, 0) is 14.3 Å². The Balaban J connectivity index is 1.85. The summed E-state index contributed by atoms with van der Waals surface area (Å²) in [4.78, 5) is 23.2. The van der Waals surface area contributed by atoms with Gasteiger partial charge >= 0.3 is 5.97 Å². The molecule has 0 atom stereocenters. The van der Waals surface area contributed by atoms with Crippen molar-refractivity contribution < 1.29 is 28.9 Å². The maximum atomic E-state index is 11.9. The molecule has 1 fully saturated rings. The molecule has 0 aromatic heterocycles. The fraction of sp³-hybridized carbons (Fsp3) is 0.500. The van der Waals surface area contributed by atoms with Gasteiger partial charge < -0.3 is 24.6 Å². The van der Waals surface area contributed by atoms with Gasteiger partial charge in [-0.3, -0.25) is 4.79 Å². The van der Waals surface area contributed by atoms with E-state index in [1.165, 1.54) is 19.2 Å². The van der Waals surface area contributed by atoms with Crippen LogP contribution in [0.5, 0.6) is 5.75 Å². The monoisotopic (exact) mass is 323 g/mol. The van der Waals surface area contributed by atoms with Crippen LogP contribution >= 0.6 is 0 Å². The Morgan fingerprint density at radius 2 is 2.09 bits per heavy atom. The number of anilines is 1. The van der Waals surface area contributed by atoms with E-state index >= 15 is 0 Å². The van der Waals surface area contributed by atoms with Gasteiger partial charge in [-0.15, -0.1) is 0 Å². The van der Waals surface area contributed by atoms with Crippen LogP contribution in [0.2, 0.25) is 0 Å². The fourth-order valence-corrected chi connectivity index (χ4v) is 2.31. The Morgan fingerprint density at radius 3 is 2.74 bits per heavy atom. The second kappa shape index (κ2) is 8.50. The van der Waals surface area contributed by atoms with Crippen molar-refractivity contribution in [3.63, 3.8) is 0 Å². The lowest BCUT2D eigenvalue weighted by Crippen LogP contribution is -2.25. The summed E-state index contributed by atoms with van der Waals surface area (Å²) in [6.07, 6.45) is 1.97. The number of carboxylic acids is 1. The first-order valence-electron chi connectivity index (χ1n) is 7.50. The predicted octanol–water partition coefficient (Wildman–Crippen LogP) is 1.92. The molecule has 1 aromatic rings. The summed E-state index contributed by atoms with van der Waals surface area (Å²) in [6.45, 7) is 1.67. The van der Waals surface area contributed by atoms with Crippen molar-refractivity contribution in [2.24, 2.45) is 0 Å². The van der Waals surface area contributed by atoms with Crippen molar-refractivity contribution >= 4 is 17.6 Å². The molecule has 0 spiro atoms. The van der Waals surface area contributed by atoms with Crippen molar-refractivity contribution in [1.82, 2.24) is 0 Å². The summed E-state index contributed by atoms with van der Waals surface area (Å²) < 4.78 is 15.9. The third-order valence-electron chi connectivity index (χ3n) is 3.58. The first-order chi connectivity index (χ1) is 11.1. The molecule has 0 unspecified atom stereocenters. The molecule has 7 heteroatoms. The van der Waals surface area contributed by atoms with Crippen LogP contribution in [0.15, 0.2) is 18.2 Å². The minimum absolute atomic E-state index is 0.0111. The molecule has 2 N–H and O–H groups in total. The molecule has 2 rings (SSSR count). The number of carbonyl (C=O) groups is 2. The van der Waals surface area contributed by atoms with Gasteiger partial charge in [-0.05, 0) is 31.0 Å². The Hall–Kier alpha value is -2.12. The molecule has 1 saturated heterocycles. The lowest BCUT2D eigenvalue weighted by Gasteiger charge is -2.22. The number of aromatic carboxylic acids is 1. The number of carboxylic acid groups (broad SMARTS) is 1. The molecule has 1 amide bonds. The van der Waals surface area contributed by atoms with Gasteiger partial charge in [-0.25, -0.2) is 4.79 Å². The highest BCUT2D eigenvalue weighted by molar-refractivity contribution is 6.00. The highest BCUT2D eigenvalue weighted by atomic mass is 16.5. The topological polar surface area (TPSA) is 94.1 Å². The highest BCUT2D eigenvalue weighted by Crippen LogP contribution is 2.22. The van der Waals surface area contributed by atoms with Crippen LogP contribution in [0.25, 0.3) is 0 Å². The Bertz CT molecular complexity index is 554. The smallest absolute Gasteiger partial charge is 0.337 e. The van der Waals surface area contributed by atoms with Crippen molar-refractivity contribution in [2.45, 2.75) is 25.4 Å². The van der Waals surface area contributed by atoms with Gasteiger partial charge in [0, 0.05) is 13.2 Å². The van der Waals surface area contributed by atoms with E-state index in [1.54, 1.807) is 6.07 Å². The molecule has 7 nitrogen and oxygen atoms in total. The number of nitrogens with one attached hydrogen (secondary N) is 1. The number of carbonyl (C=O) groups excluding carboxylic acids is 1. The van der Waals surface area contributed by atoms with E-state index in [1.807, 2.05) is 0 Å². The second-order valence-electron chi connectivity index (χ2n) is 5.20. The van der Waals surface area contributed by atoms with E-state index in [2.05, 4.69) is 5.32 Å². The minimum atomic E-state index is -1.13. The standard InChI is InChI=1S/C16H21NO6/c1-21-12-2-3-14(13(10-12)16(19)20)17-15(18)6-9-23-11-4-7-22-8-5-11/h2-3,10-11H,4-9H2,1H3,(H,17,18)(H,19,20). The van der Waals surface area contributed by atoms with Crippen LogP contribution < -0.4 is 10.1 Å². The second-order valence-corrected chi connectivity index (χ2v) is 5.20. The van der Waals surface area contributed by atoms with Crippen molar-refractivity contribution in [1.29, 1.82) is 0 Å². The van der Waals surface area contributed by atoms with Gasteiger partial charge in [0.05, 0.1) is 37.5 Å². The lowest BCUT2D eigenvalue weighted by molar-refractivity contribution is -0.118. The molecule has 1 aromatic carbocycles. The summed E-state index contributed by atoms with van der Waals surface area (Å²) in [7, 11) is 1.45.